The smallest absolute Gasteiger partial charge is 0.326 e. The van der Waals surface area contributed by atoms with Gasteiger partial charge >= 0.3 is 12.2 Å². The summed E-state index contributed by atoms with van der Waals surface area (Å²) in [5.41, 5.74) is 1.44. The Labute approximate surface area is 208 Å². The average molecular weight is 502 g/mol. The number of urea groups is 1. The molecule has 0 spiro atoms. The van der Waals surface area contributed by atoms with Crippen molar-refractivity contribution < 1.29 is 22.8 Å². The lowest BCUT2D eigenvalue weighted by atomic mass is 9.94. The monoisotopic (exact) mass is 501 g/mol. The van der Waals surface area contributed by atoms with E-state index in [9.17, 15) is 22.8 Å². The van der Waals surface area contributed by atoms with E-state index in [1.54, 1.807) is 4.90 Å². The fraction of sp³-hybridized carbons (Fsp3) is 0.500. The maximum absolute atomic E-state index is 13.1. The van der Waals surface area contributed by atoms with Gasteiger partial charge in [-0.05, 0) is 81.4 Å². The Kier molecular flexibility index (Phi) is 6.63. The lowest BCUT2D eigenvalue weighted by molar-refractivity contribution is -0.141. The zero-order chi connectivity index (χ0) is 25.3. The van der Waals surface area contributed by atoms with E-state index in [1.807, 2.05) is 12.1 Å². The van der Waals surface area contributed by atoms with Crippen LogP contribution in [0.25, 0.3) is 0 Å². The molecule has 0 radical (unpaired) electrons. The van der Waals surface area contributed by atoms with Crippen molar-refractivity contribution in [1.82, 2.24) is 15.2 Å². The van der Waals surface area contributed by atoms with Crippen LogP contribution in [0.1, 0.15) is 49.8 Å². The molecule has 3 aliphatic rings. The number of rotatable bonds is 6. The van der Waals surface area contributed by atoms with E-state index in [0.29, 0.717) is 13.0 Å². The minimum Gasteiger partial charge on any atom is -0.326 e. The SMILES string of the molecule is O=C(Nc1ccc(C(F)(F)F)nc1)N[C@@H]1CCCN(c2ccc(C3(CN4CCCC4)CC3)cc2)C1=O. The molecule has 2 N–H and O–H groups in total. The molecule has 2 aliphatic heterocycles. The van der Waals surface area contributed by atoms with Crippen molar-refractivity contribution in [3.63, 3.8) is 0 Å². The van der Waals surface area contributed by atoms with Crippen LogP contribution >= 0.6 is 0 Å². The third kappa shape index (κ3) is 5.33. The van der Waals surface area contributed by atoms with Gasteiger partial charge in [-0.3, -0.25) is 4.79 Å². The highest BCUT2D eigenvalue weighted by Gasteiger charge is 2.45. The van der Waals surface area contributed by atoms with Crippen molar-refractivity contribution >= 4 is 23.3 Å². The largest absolute Gasteiger partial charge is 0.433 e. The number of nitrogens with one attached hydrogen (secondary N) is 2. The van der Waals surface area contributed by atoms with Crippen LogP contribution in [0.4, 0.5) is 29.3 Å². The highest BCUT2D eigenvalue weighted by Crippen LogP contribution is 2.49. The minimum atomic E-state index is -4.55. The predicted octanol–water partition coefficient (Wildman–Crippen LogP) is 4.54. The van der Waals surface area contributed by atoms with Gasteiger partial charge in [-0.1, -0.05) is 12.1 Å². The first-order valence-corrected chi connectivity index (χ1v) is 12.5. The molecule has 3 amide bonds. The van der Waals surface area contributed by atoms with Crippen LogP contribution in [0.2, 0.25) is 0 Å². The Morgan fingerprint density at radius 2 is 1.75 bits per heavy atom. The molecule has 3 fully saturated rings. The van der Waals surface area contributed by atoms with Crippen LogP contribution < -0.4 is 15.5 Å². The minimum absolute atomic E-state index is 0.110. The van der Waals surface area contributed by atoms with Crippen LogP contribution in [-0.2, 0) is 16.4 Å². The van der Waals surface area contributed by atoms with Crippen molar-refractivity contribution in [3.8, 4) is 0 Å². The number of benzene rings is 1. The number of alkyl halides is 3. The zero-order valence-electron chi connectivity index (χ0n) is 20.0. The molecule has 1 aromatic heterocycles. The standard InChI is InChI=1S/C26H30F3N5O2/c27-26(28,29)22-10-7-19(16-30-22)31-24(36)32-21-4-3-15-34(23(21)35)20-8-5-18(6-9-20)25(11-12-25)17-33-13-1-2-14-33/h5-10,16,21H,1-4,11-15,17H2,(H2,31,32,36)/t21-/m1/s1. The van der Waals surface area contributed by atoms with Gasteiger partial charge in [0.15, 0.2) is 0 Å². The Morgan fingerprint density at radius 3 is 2.36 bits per heavy atom. The number of pyridine rings is 1. The van der Waals surface area contributed by atoms with E-state index in [2.05, 4.69) is 32.7 Å². The predicted molar refractivity (Wildman–Crippen MR) is 130 cm³/mol. The van der Waals surface area contributed by atoms with E-state index in [1.165, 1.54) is 44.3 Å². The van der Waals surface area contributed by atoms with Gasteiger partial charge in [-0.15, -0.1) is 0 Å². The molecule has 1 aromatic carbocycles. The highest BCUT2D eigenvalue weighted by atomic mass is 19.4. The lowest BCUT2D eigenvalue weighted by Gasteiger charge is -2.33. The fourth-order valence-electron chi connectivity index (χ4n) is 5.28. The second kappa shape index (κ2) is 9.72. The number of halogens is 3. The molecular weight excluding hydrogens is 471 g/mol. The molecule has 2 aromatic rings. The summed E-state index contributed by atoms with van der Waals surface area (Å²) in [5.74, 6) is -0.201. The first-order valence-electron chi connectivity index (χ1n) is 12.5. The molecule has 7 nitrogen and oxygen atoms in total. The summed E-state index contributed by atoms with van der Waals surface area (Å²) in [6.45, 7) is 4.03. The third-order valence-electron chi connectivity index (χ3n) is 7.43. The van der Waals surface area contributed by atoms with E-state index in [0.717, 1.165) is 37.0 Å². The summed E-state index contributed by atoms with van der Waals surface area (Å²) in [5, 5.41) is 5.10. The summed E-state index contributed by atoms with van der Waals surface area (Å²) in [6, 6.07) is 8.79. The number of anilines is 2. The summed E-state index contributed by atoms with van der Waals surface area (Å²) in [7, 11) is 0. The molecule has 1 saturated carbocycles. The Hall–Kier alpha value is -3.14. The van der Waals surface area contributed by atoms with Gasteiger partial charge in [-0.25, -0.2) is 9.78 Å². The lowest BCUT2D eigenvalue weighted by Crippen LogP contribution is -2.53. The number of carbonyl (C=O) groups is 2. The van der Waals surface area contributed by atoms with Gasteiger partial charge in [0.25, 0.3) is 0 Å². The van der Waals surface area contributed by atoms with Gasteiger partial charge in [0, 0.05) is 24.2 Å². The highest BCUT2D eigenvalue weighted by molar-refractivity contribution is 6.01. The van der Waals surface area contributed by atoms with Crippen LogP contribution in [0.15, 0.2) is 42.6 Å². The van der Waals surface area contributed by atoms with Crippen LogP contribution in [0.5, 0.6) is 0 Å². The topological polar surface area (TPSA) is 77.6 Å². The van der Waals surface area contributed by atoms with E-state index in [-0.39, 0.29) is 17.0 Å². The third-order valence-corrected chi connectivity index (χ3v) is 7.43. The number of carbonyl (C=O) groups excluding carboxylic acids is 2. The first kappa shape index (κ1) is 24.5. The number of hydrogen-bond donors (Lipinski definition) is 2. The summed E-state index contributed by atoms with van der Waals surface area (Å²) >= 11 is 0. The van der Waals surface area contributed by atoms with Gasteiger partial charge in [0.05, 0.1) is 11.9 Å². The maximum atomic E-state index is 13.1. The van der Waals surface area contributed by atoms with E-state index in [4.69, 9.17) is 0 Å². The fourth-order valence-corrected chi connectivity index (χ4v) is 5.28. The summed E-state index contributed by atoms with van der Waals surface area (Å²) in [4.78, 5) is 33.1. The Balaban J connectivity index is 1.19. The second-order valence-corrected chi connectivity index (χ2v) is 10.0. The molecule has 3 heterocycles. The molecule has 1 aliphatic carbocycles. The summed E-state index contributed by atoms with van der Waals surface area (Å²) in [6.07, 6.45) is 2.55. The molecule has 192 valence electrons. The van der Waals surface area contributed by atoms with Crippen molar-refractivity contribution in [1.29, 1.82) is 0 Å². The quantitative estimate of drug-likeness (QED) is 0.609. The van der Waals surface area contributed by atoms with Crippen molar-refractivity contribution in [2.45, 2.75) is 56.2 Å². The molecular formula is C26H30F3N5O2. The molecule has 1 atom stereocenters. The average Bonchev–Trinajstić information content (AvgIpc) is 3.45. The number of amides is 3. The van der Waals surface area contributed by atoms with Crippen LogP contribution in [0.3, 0.4) is 0 Å². The molecule has 2 saturated heterocycles. The first-order chi connectivity index (χ1) is 17.2. The van der Waals surface area contributed by atoms with Crippen LogP contribution in [-0.4, -0.2) is 54.0 Å². The second-order valence-electron chi connectivity index (χ2n) is 10.0. The number of nitrogens with zero attached hydrogens (tertiary/aromatic N) is 3. The molecule has 10 heteroatoms. The molecule has 0 unspecified atom stereocenters. The van der Waals surface area contributed by atoms with Gasteiger partial charge in [0.1, 0.15) is 11.7 Å². The molecule has 0 bridgehead atoms. The number of likely N-dealkylation sites (tertiary alicyclic amines) is 1. The number of hydrogen-bond acceptors (Lipinski definition) is 4. The van der Waals surface area contributed by atoms with Gasteiger partial charge in [-0.2, -0.15) is 13.2 Å². The number of piperidine rings is 1. The van der Waals surface area contributed by atoms with Crippen molar-refractivity contribution in [2.24, 2.45) is 0 Å². The van der Waals surface area contributed by atoms with Gasteiger partial charge in [0.2, 0.25) is 5.91 Å². The van der Waals surface area contributed by atoms with E-state index >= 15 is 0 Å². The maximum Gasteiger partial charge on any atom is 0.433 e. The van der Waals surface area contributed by atoms with Gasteiger partial charge < -0.3 is 20.4 Å². The zero-order valence-corrected chi connectivity index (χ0v) is 20.0. The van der Waals surface area contributed by atoms with Crippen molar-refractivity contribution in [2.75, 3.05) is 36.4 Å². The number of aromatic nitrogens is 1. The molecule has 5 rings (SSSR count). The Bertz CT molecular complexity index is 1090. The Morgan fingerprint density at radius 1 is 1.03 bits per heavy atom. The molecule has 36 heavy (non-hydrogen) atoms. The summed E-state index contributed by atoms with van der Waals surface area (Å²) < 4.78 is 38.0. The van der Waals surface area contributed by atoms with Crippen LogP contribution in [0, 0.1) is 0 Å². The normalized spacial score (nSPS) is 21.9. The van der Waals surface area contributed by atoms with Crippen molar-refractivity contribution in [3.05, 3.63) is 53.9 Å². The van der Waals surface area contributed by atoms with E-state index < -0.39 is 23.9 Å².